The number of carbonyl (C=O) groups excluding carboxylic acids is 1. The van der Waals surface area contributed by atoms with Gasteiger partial charge in [0.25, 0.3) is 5.91 Å². The third-order valence-electron chi connectivity index (χ3n) is 3.82. The lowest BCUT2D eigenvalue weighted by Crippen LogP contribution is -2.26. The van der Waals surface area contributed by atoms with E-state index in [2.05, 4.69) is 6.07 Å². The Labute approximate surface area is 146 Å². The van der Waals surface area contributed by atoms with E-state index in [1.54, 1.807) is 54.5 Å². The van der Waals surface area contributed by atoms with Crippen molar-refractivity contribution in [2.75, 3.05) is 12.0 Å². The van der Waals surface area contributed by atoms with E-state index in [0.29, 0.717) is 28.3 Å². The van der Waals surface area contributed by atoms with Gasteiger partial charge in [-0.25, -0.2) is 0 Å². The molecule has 0 saturated carbocycles. The molecule has 0 heterocycles. The molecule has 0 radical (unpaired) electrons. The Morgan fingerprint density at radius 3 is 2.20 bits per heavy atom. The molecule has 0 fully saturated rings. The molecule has 0 saturated heterocycles. The summed E-state index contributed by atoms with van der Waals surface area (Å²) in [5.74, 6) is 0.469. The summed E-state index contributed by atoms with van der Waals surface area (Å²) in [7, 11) is 1.58. The van der Waals surface area contributed by atoms with Crippen LogP contribution in [-0.4, -0.2) is 13.0 Å². The molecule has 0 atom stereocenters. The first kappa shape index (κ1) is 16.3. The summed E-state index contributed by atoms with van der Waals surface area (Å²) < 4.78 is 5.15. The lowest BCUT2D eigenvalue weighted by atomic mass is 10.1. The van der Waals surface area contributed by atoms with Crippen LogP contribution >= 0.6 is 0 Å². The zero-order chi connectivity index (χ0) is 17.6. The van der Waals surface area contributed by atoms with E-state index in [1.807, 2.05) is 36.4 Å². The van der Waals surface area contributed by atoms with Crippen LogP contribution in [0, 0.1) is 11.3 Å². The van der Waals surface area contributed by atoms with Gasteiger partial charge in [-0.05, 0) is 48.5 Å². The highest BCUT2D eigenvalue weighted by atomic mass is 16.5. The number of ether oxygens (including phenoxy) is 1. The second kappa shape index (κ2) is 7.33. The molecule has 0 aromatic heterocycles. The molecule has 4 nitrogen and oxygen atoms in total. The van der Waals surface area contributed by atoms with E-state index >= 15 is 0 Å². The number of nitriles is 1. The predicted octanol–water partition coefficient (Wildman–Crippen LogP) is 4.55. The third kappa shape index (κ3) is 3.36. The molecule has 3 aromatic rings. The molecule has 0 bridgehead atoms. The molecule has 122 valence electrons. The molecule has 4 heteroatoms. The van der Waals surface area contributed by atoms with E-state index in [9.17, 15) is 10.1 Å². The maximum Gasteiger partial charge on any atom is 0.262 e. The fourth-order valence-electron chi connectivity index (χ4n) is 2.57. The Morgan fingerprint density at radius 2 is 1.56 bits per heavy atom. The number of anilines is 2. The van der Waals surface area contributed by atoms with Crippen molar-refractivity contribution in [3.8, 4) is 11.8 Å². The summed E-state index contributed by atoms with van der Waals surface area (Å²) in [6.07, 6.45) is 0. The third-order valence-corrected chi connectivity index (χ3v) is 3.82. The minimum Gasteiger partial charge on any atom is -0.497 e. The number of nitrogens with zero attached hydrogens (tertiary/aromatic N) is 2. The summed E-state index contributed by atoms with van der Waals surface area (Å²) in [6.45, 7) is 0. The average Bonchev–Trinajstić information content (AvgIpc) is 2.69. The van der Waals surface area contributed by atoms with Crippen LogP contribution in [0.4, 0.5) is 11.4 Å². The summed E-state index contributed by atoms with van der Waals surface area (Å²) in [5.41, 5.74) is 2.20. The number of carbonyl (C=O) groups is 1. The number of methoxy groups -OCH3 is 1. The van der Waals surface area contributed by atoms with Crippen LogP contribution in [0.1, 0.15) is 15.9 Å². The van der Waals surface area contributed by atoms with Crippen molar-refractivity contribution >= 4 is 17.3 Å². The number of hydrogen-bond acceptors (Lipinski definition) is 3. The zero-order valence-corrected chi connectivity index (χ0v) is 13.7. The molecule has 0 spiro atoms. The number of para-hydroxylation sites is 2. The molecule has 0 aliphatic heterocycles. The topological polar surface area (TPSA) is 53.3 Å². The Kier molecular flexibility index (Phi) is 4.77. The average molecular weight is 328 g/mol. The van der Waals surface area contributed by atoms with Gasteiger partial charge in [-0.2, -0.15) is 5.26 Å². The predicted molar refractivity (Wildman–Crippen MR) is 97.1 cm³/mol. The van der Waals surface area contributed by atoms with Crippen molar-refractivity contribution in [1.29, 1.82) is 5.26 Å². The van der Waals surface area contributed by atoms with Gasteiger partial charge >= 0.3 is 0 Å². The lowest BCUT2D eigenvalue weighted by molar-refractivity contribution is 0.0999. The molecule has 3 rings (SSSR count). The van der Waals surface area contributed by atoms with Crippen LogP contribution in [0.3, 0.4) is 0 Å². The van der Waals surface area contributed by atoms with E-state index < -0.39 is 0 Å². The van der Waals surface area contributed by atoms with Crippen LogP contribution in [0.25, 0.3) is 0 Å². The molecule has 3 aromatic carbocycles. The summed E-state index contributed by atoms with van der Waals surface area (Å²) in [6, 6.07) is 25.4. The van der Waals surface area contributed by atoms with Gasteiger partial charge in [0.15, 0.2) is 0 Å². The van der Waals surface area contributed by atoms with Gasteiger partial charge in [0.2, 0.25) is 0 Å². The summed E-state index contributed by atoms with van der Waals surface area (Å²) >= 11 is 0. The van der Waals surface area contributed by atoms with Gasteiger partial charge in [-0.1, -0.05) is 30.3 Å². The molecule has 0 N–H and O–H groups in total. The molecule has 1 amide bonds. The normalized spacial score (nSPS) is 9.92. The van der Waals surface area contributed by atoms with Crippen LogP contribution in [-0.2, 0) is 0 Å². The van der Waals surface area contributed by atoms with E-state index in [1.165, 1.54) is 0 Å². The Morgan fingerprint density at radius 1 is 0.920 bits per heavy atom. The fraction of sp³-hybridized carbons (Fsp3) is 0.0476. The second-order valence-electron chi connectivity index (χ2n) is 5.33. The minimum atomic E-state index is -0.212. The lowest BCUT2D eigenvalue weighted by Gasteiger charge is -2.24. The maximum atomic E-state index is 13.2. The summed E-state index contributed by atoms with van der Waals surface area (Å²) in [4.78, 5) is 14.7. The standard InChI is InChI=1S/C21H16N2O2/c1-25-19-13-11-16(12-14-19)21(24)23(18-8-3-2-4-9-18)20-10-6-5-7-17(20)15-22/h2-14H,1H3. The van der Waals surface area contributed by atoms with Crippen molar-refractivity contribution in [2.24, 2.45) is 0 Å². The second-order valence-corrected chi connectivity index (χ2v) is 5.33. The van der Waals surface area contributed by atoms with Gasteiger partial charge in [0, 0.05) is 11.3 Å². The van der Waals surface area contributed by atoms with Crippen LogP contribution in [0.2, 0.25) is 0 Å². The van der Waals surface area contributed by atoms with Crippen molar-refractivity contribution in [1.82, 2.24) is 0 Å². The highest BCUT2D eigenvalue weighted by Gasteiger charge is 2.22. The molecular weight excluding hydrogens is 312 g/mol. The van der Waals surface area contributed by atoms with Crippen molar-refractivity contribution in [3.05, 3.63) is 90.0 Å². The van der Waals surface area contributed by atoms with Crippen LogP contribution < -0.4 is 9.64 Å². The first-order chi connectivity index (χ1) is 12.2. The zero-order valence-electron chi connectivity index (χ0n) is 13.7. The van der Waals surface area contributed by atoms with Gasteiger partial charge in [-0.15, -0.1) is 0 Å². The number of hydrogen-bond donors (Lipinski definition) is 0. The van der Waals surface area contributed by atoms with E-state index in [4.69, 9.17) is 4.74 Å². The molecule has 25 heavy (non-hydrogen) atoms. The van der Waals surface area contributed by atoms with Gasteiger partial charge < -0.3 is 4.74 Å². The maximum absolute atomic E-state index is 13.2. The van der Waals surface area contributed by atoms with Crippen molar-refractivity contribution < 1.29 is 9.53 Å². The van der Waals surface area contributed by atoms with Gasteiger partial charge in [0.05, 0.1) is 18.4 Å². The SMILES string of the molecule is COc1ccc(C(=O)N(c2ccccc2)c2ccccc2C#N)cc1. The van der Waals surface area contributed by atoms with Crippen LogP contribution in [0.5, 0.6) is 5.75 Å². The Hall–Kier alpha value is -3.58. The number of benzene rings is 3. The first-order valence-corrected chi connectivity index (χ1v) is 7.77. The first-order valence-electron chi connectivity index (χ1n) is 7.77. The van der Waals surface area contributed by atoms with Crippen molar-refractivity contribution in [2.45, 2.75) is 0 Å². The Bertz CT molecular complexity index is 913. The Balaban J connectivity index is 2.11. The smallest absolute Gasteiger partial charge is 0.262 e. The largest absolute Gasteiger partial charge is 0.497 e. The minimum absolute atomic E-state index is 0.212. The monoisotopic (exact) mass is 328 g/mol. The molecule has 0 aliphatic carbocycles. The van der Waals surface area contributed by atoms with Crippen molar-refractivity contribution in [3.63, 3.8) is 0 Å². The number of amides is 1. The summed E-state index contributed by atoms with van der Waals surface area (Å²) in [5, 5.41) is 9.43. The quantitative estimate of drug-likeness (QED) is 0.706. The van der Waals surface area contributed by atoms with E-state index in [-0.39, 0.29) is 5.91 Å². The molecular formula is C21H16N2O2. The molecule has 0 aliphatic rings. The van der Waals surface area contributed by atoms with E-state index in [0.717, 1.165) is 0 Å². The highest BCUT2D eigenvalue weighted by molar-refractivity contribution is 6.11. The fourth-order valence-corrected chi connectivity index (χ4v) is 2.57. The molecule has 0 unspecified atom stereocenters. The van der Waals surface area contributed by atoms with Gasteiger partial charge in [0.1, 0.15) is 11.8 Å². The number of rotatable bonds is 4. The highest BCUT2D eigenvalue weighted by Crippen LogP contribution is 2.30. The van der Waals surface area contributed by atoms with Crippen LogP contribution in [0.15, 0.2) is 78.9 Å². The van der Waals surface area contributed by atoms with Gasteiger partial charge in [-0.3, -0.25) is 9.69 Å².